The number of ether oxygens (including phenoxy) is 2. The summed E-state index contributed by atoms with van der Waals surface area (Å²) in [5.74, 6) is 0.517. The summed E-state index contributed by atoms with van der Waals surface area (Å²) in [6.07, 6.45) is 1.47. The minimum absolute atomic E-state index is 0.0778. The molecule has 3 rings (SSSR count). The Morgan fingerprint density at radius 1 is 1.12 bits per heavy atom. The van der Waals surface area contributed by atoms with E-state index in [2.05, 4.69) is 21.2 Å². The Morgan fingerprint density at radius 2 is 1.79 bits per heavy atom. The molecule has 11 heteroatoms. The van der Waals surface area contributed by atoms with Gasteiger partial charge in [-0.1, -0.05) is 28.1 Å². The molecule has 1 N–H and O–H groups in total. The highest BCUT2D eigenvalue weighted by Gasteiger charge is 2.26. The molecule has 0 bridgehead atoms. The van der Waals surface area contributed by atoms with Crippen LogP contribution in [0.25, 0.3) is 0 Å². The van der Waals surface area contributed by atoms with E-state index in [1.807, 2.05) is 24.3 Å². The first-order valence-electron chi connectivity index (χ1n) is 10.7. The third-order valence-corrected chi connectivity index (χ3v) is 7.20. The van der Waals surface area contributed by atoms with Gasteiger partial charge in [0, 0.05) is 37.1 Å². The van der Waals surface area contributed by atoms with Crippen LogP contribution >= 0.6 is 15.9 Å². The summed E-state index contributed by atoms with van der Waals surface area (Å²) in [6.45, 7) is 2.12. The molecule has 1 heterocycles. The topological polar surface area (TPSA) is 105 Å². The zero-order valence-corrected chi connectivity index (χ0v) is 21.7. The maximum atomic E-state index is 13.1. The monoisotopic (exact) mass is 553 g/mol. The smallest absolute Gasteiger partial charge is 0.242 e. The van der Waals surface area contributed by atoms with Gasteiger partial charge in [0.1, 0.15) is 6.04 Å². The number of carbonyl (C=O) groups excluding carboxylic acids is 2. The van der Waals surface area contributed by atoms with E-state index in [1.165, 1.54) is 16.3 Å². The van der Waals surface area contributed by atoms with Crippen molar-refractivity contribution in [2.45, 2.75) is 32.4 Å². The van der Waals surface area contributed by atoms with Crippen molar-refractivity contribution in [3.05, 3.63) is 52.5 Å². The zero-order valence-electron chi connectivity index (χ0n) is 19.3. The van der Waals surface area contributed by atoms with Gasteiger partial charge in [-0.25, -0.2) is 8.42 Å². The second-order valence-corrected chi connectivity index (χ2v) is 10.7. The number of nitrogens with one attached hydrogen (secondary N) is 1. The maximum Gasteiger partial charge on any atom is 0.242 e. The Labute approximate surface area is 208 Å². The van der Waals surface area contributed by atoms with Gasteiger partial charge < -0.3 is 19.7 Å². The van der Waals surface area contributed by atoms with E-state index in [-0.39, 0.29) is 44.5 Å². The molecule has 1 atom stereocenters. The van der Waals surface area contributed by atoms with E-state index in [4.69, 9.17) is 9.47 Å². The lowest BCUT2D eigenvalue weighted by molar-refractivity contribution is -0.140. The van der Waals surface area contributed by atoms with Crippen molar-refractivity contribution in [1.29, 1.82) is 0 Å². The van der Waals surface area contributed by atoms with Gasteiger partial charge in [-0.05, 0) is 43.2 Å². The number of benzene rings is 2. The molecule has 0 saturated heterocycles. The average Bonchev–Trinajstić information content (AvgIpc) is 3.27. The van der Waals surface area contributed by atoms with Gasteiger partial charge in [-0.3, -0.25) is 13.9 Å². The second kappa shape index (κ2) is 11.1. The summed E-state index contributed by atoms with van der Waals surface area (Å²) in [4.78, 5) is 26.9. The van der Waals surface area contributed by atoms with Crippen LogP contribution in [0.2, 0.25) is 0 Å². The minimum Gasteiger partial charge on any atom is -0.454 e. The predicted octanol–water partition coefficient (Wildman–Crippen LogP) is 2.89. The highest BCUT2D eigenvalue weighted by Crippen LogP contribution is 2.36. The van der Waals surface area contributed by atoms with Crippen LogP contribution in [0.4, 0.5) is 5.69 Å². The van der Waals surface area contributed by atoms with E-state index < -0.39 is 16.1 Å². The van der Waals surface area contributed by atoms with Crippen LogP contribution < -0.4 is 19.1 Å². The van der Waals surface area contributed by atoms with E-state index in [9.17, 15) is 18.0 Å². The maximum absolute atomic E-state index is 13.1. The lowest BCUT2D eigenvalue weighted by atomic mass is 10.1. The normalized spacial score (nSPS) is 13.3. The van der Waals surface area contributed by atoms with Crippen LogP contribution in [0.15, 0.2) is 46.9 Å². The van der Waals surface area contributed by atoms with Crippen LogP contribution in [-0.4, -0.2) is 57.8 Å². The van der Waals surface area contributed by atoms with Crippen LogP contribution in [-0.2, 0) is 26.2 Å². The summed E-state index contributed by atoms with van der Waals surface area (Å²) in [5, 5.41) is 2.58. The van der Waals surface area contributed by atoms with E-state index in [1.54, 1.807) is 25.1 Å². The van der Waals surface area contributed by atoms with Crippen LogP contribution in [0, 0.1) is 0 Å². The first-order chi connectivity index (χ1) is 16.1. The van der Waals surface area contributed by atoms with Crippen molar-refractivity contribution >= 4 is 43.5 Å². The van der Waals surface area contributed by atoms with Crippen molar-refractivity contribution in [1.82, 2.24) is 10.2 Å². The lowest BCUT2D eigenvalue weighted by Crippen LogP contribution is -2.46. The molecular formula is C23H28BrN3O6S. The molecule has 0 spiro atoms. The number of hydrogen-bond acceptors (Lipinski definition) is 6. The first-order valence-corrected chi connectivity index (χ1v) is 13.4. The molecule has 9 nitrogen and oxygen atoms in total. The fourth-order valence-electron chi connectivity index (χ4n) is 3.62. The quantitative estimate of drug-likeness (QED) is 0.485. The van der Waals surface area contributed by atoms with Crippen molar-refractivity contribution in [3.63, 3.8) is 0 Å². The molecule has 0 aliphatic carbocycles. The summed E-state index contributed by atoms with van der Waals surface area (Å²) in [7, 11) is -2.07. The zero-order chi connectivity index (χ0) is 24.9. The van der Waals surface area contributed by atoms with Gasteiger partial charge in [0.2, 0.25) is 28.6 Å². The molecule has 2 amide bonds. The number of hydrogen-bond donors (Lipinski definition) is 1. The van der Waals surface area contributed by atoms with Gasteiger partial charge in [-0.15, -0.1) is 0 Å². The van der Waals surface area contributed by atoms with E-state index >= 15 is 0 Å². The van der Waals surface area contributed by atoms with Crippen molar-refractivity contribution in [3.8, 4) is 11.5 Å². The molecule has 1 aliphatic heterocycles. The molecule has 1 aliphatic rings. The Hall–Kier alpha value is -2.79. The Bertz CT molecular complexity index is 1140. The van der Waals surface area contributed by atoms with Crippen molar-refractivity contribution < 1.29 is 27.5 Å². The van der Waals surface area contributed by atoms with Crippen LogP contribution in [0.5, 0.6) is 11.5 Å². The number of halogens is 1. The number of sulfonamides is 1. The fraction of sp³-hybridized carbons (Fsp3) is 0.391. The molecule has 1 unspecified atom stereocenters. The molecule has 0 radical (unpaired) electrons. The van der Waals surface area contributed by atoms with Gasteiger partial charge in [-0.2, -0.15) is 0 Å². The molecular weight excluding hydrogens is 526 g/mol. The van der Waals surface area contributed by atoms with Crippen LogP contribution in [0.1, 0.15) is 25.3 Å². The molecule has 0 fully saturated rings. The Morgan fingerprint density at radius 3 is 2.44 bits per heavy atom. The van der Waals surface area contributed by atoms with Gasteiger partial charge in [0.05, 0.1) is 11.9 Å². The summed E-state index contributed by atoms with van der Waals surface area (Å²) < 4.78 is 37.7. The molecule has 0 saturated carbocycles. The predicted molar refractivity (Wildman–Crippen MR) is 132 cm³/mol. The first kappa shape index (κ1) is 25.8. The standard InChI is InChI=1S/C23H28BrN3O6S/c1-16(23(29)25-2)26(14-17-6-8-18(24)9-7-17)22(28)5-4-12-27(34(3,30)31)19-10-11-20-21(13-19)33-15-32-20/h6-11,13,16H,4-5,12,14-15H2,1-3H3,(H,25,29). The summed E-state index contributed by atoms with van der Waals surface area (Å²) >= 11 is 3.39. The molecule has 2 aromatic rings. The van der Waals surface area contributed by atoms with Crippen LogP contribution in [0.3, 0.4) is 0 Å². The van der Waals surface area contributed by atoms with Gasteiger partial charge >= 0.3 is 0 Å². The molecule has 2 aromatic carbocycles. The van der Waals surface area contributed by atoms with Gasteiger partial charge in [0.25, 0.3) is 0 Å². The number of fused-ring (bicyclic) bond motifs is 1. The number of nitrogens with zero attached hydrogens (tertiary/aromatic N) is 2. The van der Waals surface area contributed by atoms with E-state index in [0.717, 1.165) is 16.3 Å². The summed E-state index contributed by atoms with van der Waals surface area (Å²) in [5.41, 5.74) is 1.31. The SMILES string of the molecule is CNC(=O)C(C)N(Cc1ccc(Br)cc1)C(=O)CCCN(c1ccc2c(c1)OCO2)S(C)(=O)=O. The largest absolute Gasteiger partial charge is 0.454 e. The van der Waals surface area contributed by atoms with Gasteiger partial charge in [0.15, 0.2) is 11.5 Å². The highest BCUT2D eigenvalue weighted by atomic mass is 79.9. The number of amides is 2. The third kappa shape index (κ3) is 6.41. The average molecular weight is 554 g/mol. The number of carbonyl (C=O) groups is 2. The van der Waals surface area contributed by atoms with Crippen molar-refractivity contribution in [2.24, 2.45) is 0 Å². The van der Waals surface area contributed by atoms with E-state index in [0.29, 0.717) is 17.2 Å². The Kier molecular flexibility index (Phi) is 8.42. The fourth-order valence-corrected chi connectivity index (χ4v) is 4.84. The third-order valence-electron chi connectivity index (χ3n) is 5.48. The number of rotatable bonds is 10. The minimum atomic E-state index is -3.60. The lowest BCUT2D eigenvalue weighted by Gasteiger charge is -2.29. The molecule has 0 aromatic heterocycles. The second-order valence-electron chi connectivity index (χ2n) is 7.91. The molecule has 34 heavy (non-hydrogen) atoms. The number of anilines is 1. The van der Waals surface area contributed by atoms with Crippen molar-refractivity contribution in [2.75, 3.05) is 30.9 Å². The molecule has 184 valence electrons. The highest BCUT2D eigenvalue weighted by molar-refractivity contribution is 9.10. The summed E-state index contributed by atoms with van der Waals surface area (Å²) in [6, 6.07) is 11.7. The Balaban J connectivity index is 1.71. The number of likely N-dealkylation sites (N-methyl/N-ethyl adjacent to an activating group) is 1.